The van der Waals surface area contributed by atoms with Gasteiger partial charge in [-0.25, -0.2) is 5.43 Å². The number of anilines is 1. The molecule has 2 N–H and O–H groups in total. The van der Waals surface area contributed by atoms with E-state index in [1.54, 1.807) is 60.7 Å². The molecule has 3 rings (SSSR count). The molecule has 0 saturated carbocycles. The summed E-state index contributed by atoms with van der Waals surface area (Å²) in [7, 11) is 1.54. The molecule has 0 heterocycles. The largest absolute Gasteiger partial charge is 0.497 e. The molecule has 0 atom stereocenters. The van der Waals surface area contributed by atoms with E-state index in [-0.39, 0.29) is 6.61 Å². The van der Waals surface area contributed by atoms with Gasteiger partial charge in [0.2, 0.25) is 0 Å². The highest BCUT2D eigenvalue weighted by atomic mass is 35.5. The van der Waals surface area contributed by atoms with Crippen molar-refractivity contribution in [2.75, 3.05) is 19.0 Å². The number of amides is 2. The van der Waals surface area contributed by atoms with Crippen LogP contribution in [0.5, 0.6) is 17.2 Å². The Morgan fingerprint density at radius 1 is 0.943 bits per heavy atom. The second-order valence-electron chi connectivity index (χ2n) is 7.01. The van der Waals surface area contributed by atoms with Gasteiger partial charge in [0.1, 0.15) is 12.4 Å². The van der Waals surface area contributed by atoms with Crippen LogP contribution in [0.4, 0.5) is 5.69 Å². The third-order valence-corrected chi connectivity index (χ3v) is 5.34. The molecule has 0 fully saturated rings. The van der Waals surface area contributed by atoms with E-state index in [4.69, 9.17) is 37.4 Å². The zero-order chi connectivity index (χ0) is 25.2. The van der Waals surface area contributed by atoms with Crippen LogP contribution in [0.3, 0.4) is 0 Å². The predicted octanol–water partition coefficient (Wildman–Crippen LogP) is 5.07. The Labute approximate surface area is 212 Å². The fourth-order valence-corrected chi connectivity index (χ4v) is 3.40. The summed E-state index contributed by atoms with van der Waals surface area (Å²) in [6.45, 7) is 2.41. The van der Waals surface area contributed by atoms with E-state index in [1.165, 1.54) is 13.3 Å². The first-order chi connectivity index (χ1) is 16.9. The molecule has 0 saturated heterocycles. The maximum Gasteiger partial charge on any atom is 0.329 e. The Balaban J connectivity index is 1.60. The highest BCUT2D eigenvalue weighted by Gasteiger charge is 2.13. The van der Waals surface area contributed by atoms with Crippen LogP contribution in [-0.4, -0.2) is 31.7 Å². The number of hydrogen-bond donors (Lipinski definition) is 2. The maximum atomic E-state index is 12.0. The highest BCUT2D eigenvalue weighted by Crippen LogP contribution is 2.31. The Kier molecular flexibility index (Phi) is 9.34. The maximum absolute atomic E-state index is 12.0. The molecule has 35 heavy (non-hydrogen) atoms. The van der Waals surface area contributed by atoms with E-state index in [2.05, 4.69) is 15.8 Å². The van der Waals surface area contributed by atoms with E-state index in [0.29, 0.717) is 50.7 Å². The first-order valence-corrected chi connectivity index (χ1v) is 11.3. The summed E-state index contributed by atoms with van der Waals surface area (Å²) < 4.78 is 16.6. The number of halogens is 2. The van der Waals surface area contributed by atoms with E-state index in [0.717, 1.165) is 0 Å². The SMILES string of the molecule is CCOc1cc(/C=N\NC(=O)C(=O)Nc2ccc(OC)cc2)ccc1OCc1c(Cl)cccc1Cl. The number of benzene rings is 3. The Morgan fingerprint density at radius 2 is 1.66 bits per heavy atom. The minimum atomic E-state index is -0.918. The summed E-state index contributed by atoms with van der Waals surface area (Å²) in [5.41, 5.74) is 3.92. The van der Waals surface area contributed by atoms with Crippen LogP contribution < -0.4 is 25.0 Å². The lowest BCUT2D eigenvalue weighted by Crippen LogP contribution is -2.32. The number of ether oxygens (including phenoxy) is 3. The molecule has 3 aromatic carbocycles. The number of nitrogens with zero attached hydrogens (tertiary/aromatic N) is 1. The lowest BCUT2D eigenvalue weighted by molar-refractivity contribution is -0.136. The smallest absolute Gasteiger partial charge is 0.329 e. The Hall–Kier alpha value is -3.75. The predicted molar refractivity (Wildman–Crippen MR) is 136 cm³/mol. The minimum absolute atomic E-state index is 0.158. The molecule has 0 aliphatic carbocycles. The summed E-state index contributed by atoms with van der Waals surface area (Å²) in [5, 5.41) is 7.33. The van der Waals surface area contributed by atoms with Crippen LogP contribution in [0.25, 0.3) is 0 Å². The summed E-state index contributed by atoms with van der Waals surface area (Å²) in [4.78, 5) is 24.1. The van der Waals surface area contributed by atoms with Gasteiger partial charge in [-0.2, -0.15) is 5.10 Å². The van der Waals surface area contributed by atoms with Crippen molar-refractivity contribution < 1.29 is 23.8 Å². The first kappa shape index (κ1) is 25.9. The molecule has 0 bridgehead atoms. The second kappa shape index (κ2) is 12.6. The van der Waals surface area contributed by atoms with Gasteiger partial charge in [-0.1, -0.05) is 29.3 Å². The molecule has 182 valence electrons. The van der Waals surface area contributed by atoms with Gasteiger partial charge in [0.15, 0.2) is 11.5 Å². The number of nitrogens with one attached hydrogen (secondary N) is 2. The van der Waals surface area contributed by atoms with Gasteiger partial charge < -0.3 is 19.5 Å². The second-order valence-corrected chi connectivity index (χ2v) is 7.82. The Morgan fingerprint density at radius 3 is 2.31 bits per heavy atom. The van der Waals surface area contributed by atoms with Crippen molar-refractivity contribution >= 4 is 46.9 Å². The number of rotatable bonds is 9. The van der Waals surface area contributed by atoms with Gasteiger partial charge in [0, 0.05) is 21.3 Å². The third-order valence-electron chi connectivity index (χ3n) is 4.64. The van der Waals surface area contributed by atoms with Crippen molar-refractivity contribution in [3.63, 3.8) is 0 Å². The monoisotopic (exact) mass is 515 g/mol. The zero-order valence-electron chi connectivity index (χ0n) is 19.0. The van der Waals surface area contributed by atoms with Crippen molar-refractivity contribution in [3.8, 4) is 17.2 Å². The number of carbonyl (C=O) groups excluding carboxylic acids is 2. The molecule has 10 heteroatoms. The molecule has 2 amide bonds. The number of hydrazone groups is 1. The first-order valence-electron chi connectivity index (χ1n) is 10.5. The molecule has 8 nitrogen and oxygen atoms in total. The van der Waals surface area contributed by atoms with E-state index in [9.17, 15) is 9.59 Å². The van der Waals surface area contributed by atoms with Crippen LogP contribution in [0.1, 0.15) is 18.1 Å². The van der Waals surface area contributed by atoms with Crippen LogP contribution in [0.2, 0.25) is 10.0 Å². The molecule has 3 aromatic rings. The topological polar surface area (TPSA) is 98.2 Å². The molecule has 0 unspecified atom stereocenters. The average molecular weight is 516 g/mol. The standard InChI is InChI=1S/C25H23Cl2N3O5/c1-3-34-23-13-16(7-12-22(23)35-15-19-20(26)5-4-6-21(19)27)14-28-30-25(32)24(31)29-17-8-10-18(33-2)11-9-17/h4-14H,3,15H2,1-2H3,(H,29,31)(H,30,32)/b28-14-. The van der Waals surface area contributed by atoms with Crippen molar-refractivity contribution in [1.29, 1.82) is 0 Å². The lowest BCUT2D eigenvalue weighted by atomic mass is 10.2. The van der Waals surface area contributed by atoms with Crippen LogP contribution in [-0.2, 0) is 16.2 Å². The van der Waals surface area contributed by atoms with Crippen LogP contribution >= 0.6 is 23.2 Å². The minimum Gasteiger partial charge on any atom is -0.497 e. The van der Waals surface area contributed by atoms with Gasteiger partial charge in [-0.3, -0.25) is 9.59 Å². The van der Waals surface area contributed by atoms with E-state index in [1.807, 2.05) is 6.92 Å². The summed E-state index contributed by atoms with van der Waals surface area (Å²) in [5.74, 6) is -0.179. The molecule has 0 aliphatic heterocycles. The fourth-order valence-electron chi connectivity index (χ4n) is 2.89. The highest BCUT2D eigenvalue weighted by molar-refractivity contribution is 6.39. The fraction of sp³-hybridized carbons (Fsp3) is 0.160. The van der Waals surface area contributed by atoms with Crippen LogP contribution in [0.15, 0.2) is 65.8 Å². The third kappa shape index (κ3) is 7.37. The van der Waals surface area contributed by atoms with Gasteiger partial charge in [0.25, 0.3) is 0 Å². The van der Waals surface area contributed by atoms with E-state index < -0.39 is 11.8 Å². The Bertz CT molecular complexity index is 1200. The van der Waals surface area contributed by atoms with Gasteiger partial charge in [-0.15, -0.1) is 0 Å². The average Bonchev–Trinajstić information content (AvgIpc) is 2.85. The van der Waals surface area contributed by atoms with Crippen molar-refractivity contribution in [1.82, 2.24) is 5.43 Å². The van der Waals surface area contributed by atoms with Crippen molar-refractivity contribution in [2.45, 2.75) is 13.5 Å². The number of methoxy groups -OCH3 is 1. The number of carbonyl (C=O) groups is 2. The lowest BCUT2D eigenvalue weighted by Gasteiger charge is -2.14. The molecule has 0 aliphatic rings. The summed E-state index contributed by atoms with van der Waals surface area (Å²) in [6.07, 6.45) is 1.38. The van der Waals surface area contributed by atoms with E-state index >= 15 is 0 Å². The summed E-state index contributed by atoms with van der Waals surface area (Å²) in [6, 6.07) is 16.9. The van der Waals surface area contributed by atoms with Crippen molar-refractivity contribution in [3.05, 3.63) is 81.8 Å². The molecule has 0 aromatic heterocycles. The number of hydrogen-bond acceptors (Lipinski definition) is 6. The zero-order valence-corrected chi connectivity index (χ0v) is 20.5. The van der Waals surface area contributed by atoms with Crippen molar-refractivity contribution in [2.24, 2.45) is 5.10 Å². The van der Waals surface area contributed by atoms with Gasteiger partial charge in [-0.05, 0) is 67.1 Å². The molecule has 0 spiro atoms. The summed E-state index contributed by atoms with van der Waals surface area (Å²) >= 11 is 12.4. The normalized spacial score (nSPS) is 10.6. The quantitative estimate of drug-likeness (QED) is 0.235. The van der Waals surface area contributed by atoms with Gasteiger partial charge in [0.05, 0.1) is 19.9 Å². The molecular formula is C25H23Cl2N3O5. The van der Waals surface area contributed by atoms with Crippen LogP contribution in [0, 0.1) is 0 Å². The van der Waals surface area contributed by atoms with Gasteiger partial charge >= 0.3 is 11.8 Å². The molecule has 0 radical (unpaired) electrons. The molecular weight excluding hydrogens is 493 g/mol.